The predicted molar refractivity (Wildman–Crippen MR) is 89.9 cm³/mol. The Hall–Kier alpha value is -1.91. The third kappa shape index (κ3) is 4.06. The summed E-state index contributed by atoms with van der Waals surface area (Å²) in [4.78, 5) is 11.9. The first-order valence-electron chi connectivity index (χ1n) is 6.66. The van der Waals surface area contributed by atoms with Crippen molar-refractivity contribution < 1.29 is 9.90 Å². The number of aromatic hydroxyl groups is 1. The second kappa shape index (κ2) is 6.90. The van der Waals surface area contributed by atoms with Crippen LogP contribution in [0.3, 0.4) is 0 Å². The Bertz CT molecular complexity index is 694. The zero-order valence-electron chi connectivity index (χ0n) is 12.2. The Morgan fingerprint density at radius 2 is 1.77 bits per heavy atom. The molecule has 0 aromatic heterocycles. The number of anilines is 1. The molecule has 4 nitrogen and oxygen atoms in total. The van der Waals surface area contributed by atoms with E-state index < -0.39 is 0 Å². The topological polar surface area (TPSA) is 61.4 Å². The third-order valence-electron chi connectivity index (χ3n) is 3.18. The maximum Gasteiger partial charge on any atom is 0.319 e. The molecular formula is C16H16Cl2N2O2. The second-order valence-corrected chi connectivity index (χ2v) is 5.85. The summed E-state index contributed by atoms with van der Waals surface area (Å²) in [6.45, 7) is 3.97. The summed E-state index contributed by atoms with van der Waals surface area (Å²) in [5.41, 5.74) is 2.90. The largest absolute Gasteiger partial charge is 0.507 e. The SMILES string of the molecule is Cc1cc(CNC(=O)Nc2cc(Cl)ccc2Cl)cc(C)c1O. The van der Waals surface area contributed by atoms with Crippen molar-refractivity contribution in [1.82, 2.24) is 5.32 Å². The number of hydrogen-bond donors (Lipinski definition) is 3. The molecule has 0 aliphatic heterocycles. The number of phenolic OH excluding ortho intramolecular Hbond substituents is 1. The Labute approximate surface area is 139 Å². The van der Waals surface area contributed by atoms with Crippen LogP contribution in [-0.4, -0.2) is 11.1 Å². The van der Waals surface area contributed by atoms with Gasteiger partial charge >= 0.3 is 6.03 Å². The van der Waals surface area contributed by atoms with Crippen molar-refractivity contribution in [3.8, 4) is 5.75 Å². The quantitative estimate of drug-likeness (QED) is 0.763. The fourth-order valence-corrected chi connectivity index (χ4v) is 2.43. The minimum Gasteiger partial charge on any atom is -0.507 e. The molecule has 0 radical (unpaired) electrons. The van der Waals surface area contributed by atoms with Crippen molar-refractivity contribution in [3.63, 3.8) is 0 Å². The fourth-order valence-electron chi connectivity index (χ4n) is 2.09. The molecule has 3 N–H and O–H groups in total. The van der Waals surface area contributed by atoms with Gasteiger partial charge < -0.3 is 15.7 Å². The molecule has 0 heterocycles. The maximum atomic E-state index is 11.9. The normalized spacial score (nSPS) is 10.4. The van der Waals surface area contributed by atoms with Gasteiger partial charge in [0.1, 0.15) is 5.75 Å². The van der Waals surface area contributed by atoms with Crippen LogP contribution >= 0.6 is 23.2 Å². The van der Waals surface area contributed by atoms with Crippen LogP contribution in [-0.2, 0) is 6.54 Å². The molecule has 0 bridgehead atoms. The van der Waals surface area contributed by atoms with Gasteiger partial charge in [0, 0.05) is 11.6 Å². The van der Waals surface area contributed by atoms with Crippen LogP contribution in [0, 0.1) is 13.8 Å². The average Bonchev–Trinajstić information content (AvgIpc) is 2.46. The number of carbonyl (C=O) groups is 1. The second-order valence-electron chi connectivity index (χ2n) is 5.01. The molecule has 2 rings (SSSR count). The highest BCUT2D eigenvalue weighted by Gasteiger charge is 2.08. The van der Waals surface area contributed by atoms with Gasteiger partial charge in [0.25, 0.3) is 0 Å². The summed E-state index contributed by atoms with van der Waals surface area (Å²) >= 11 is 11.9. The number of nitrogens with one attached hydrogen (secondary N) is 2. The van der Waals surface area contributed by atoms with Gasteiger partial charge in [-0.15, -0.1) is 0 Å². The Morgan fingerprint density at radius 1 is 1.14 bits per heavy atom. The number of halogens is 2. The van der Waals surface area contributed by atoms with Gasteiger partial charge in [-0.05, 0) is 48.7 Å². The molecule has 0 atom stereocenters. The van der Waals surface area contributed by atoms with Crippen molar-refractivity contribution >= 4 is 34.9 Å². The molecule has 2 aromatic carbocycles. The lowest BCUT2D eigenvalue weighted by Gasteiger charge is -2.11. The van der Waals surface area contributed by atoms with Crippen LogP contribution in [0.2, 0.25) is 10.0 Å². The molecule has 0 fully saturated rings. The Balaban J connectivity index is 2.00. The van der Waals surface area contributed by atoms with E-state index in [9.17, 15) is 9.90 Å². The number of benzene rings is 2. The summed E-state index contributed by atoms with van der Waals surface area (Å²) in [6.07, 6.45) is 0. The Morgan fingerprint density at radius 3 is 2.41 bits per heavy atom. The lowest BCUT2D eigenvalue weighted by molar-refractivity contribution is 0.251. The zero-order chi connectivity index (χ0) is 16.3. The Kier molecular flexibility index (Phi) is 5.16. The minimum atomic E-state index is -0.382. The number of phenols is 1. The smallest absolute Gasteiger partial charge is 0.319 e. The number of urea groups is 1. The molecule has 2 aromatic rings. The standard InChI is InChI=1S/C16H16Cl2N2O2/c1-9-5-11(6-10(2)15(9)21)8-19-16(22)20-14-7-12(17)3-4-13(14)18/h3-7,21H,8H2,1-2H3,(H2,19,20,22). The third-order valence-corrected chi connectivity index (χ3v) is 3.75. The van der Waals surface area contributed by atoms with Crippen LogP contribution in [0.1, 0.15) is 16.7 Å². The van der Waals surface area contributed by atoms with E-state index in [-0.39, 0.29) is 11.8 Å². The van der Waals surface area contributed by atoms with E-state index in [0.29, 0.717) is 22.3 Å². The van der Waals surface area contributed by atoms with Crippen LogP contribution in [0.4, 0.5) is 10.5 Å². The summed E-state index contributed by atoms with van der Waals surface area (Å²) in [5, 5.41) is 16.0. The van der Waals surface area contributed by atoms with Gasteiger partial charge in [0.2, 0.25) is 0 Å². The first kappa shape index (κ1) is 16.5. The number of amides is 2. The molecule has 0 spiro atoms. The molecule has 2 amide bonds. The van der Waals surface area contributed by atoms with Crippen molar-refractivity contribution in [3.05, 3.63) is 57.1 Å². The van der Waals surface area contributed by atoms with E-state index in [1.54, 1.807) is 18.2 Å². The summed E-state index contributed by atoms with van der Waals surface area (Å²) < 4.78 is 0. The molecule has 22 heavy (non-hydrogen) atoms. The van der Waals surface area contributed by atoms with Crippen molar-refractivity contribution in [2.45, 2.75) is 20.4 Å². The lowest BCUT2D eigenvalue weighted by atomic mass is 10.1. The van der Waals surface area contributed by atoms with Gasteiger partial charge in [-0.1, -0.05) is 35.3 Å². The van der Waals surface area contributed by atoms with Gasteiger partial charge in [0.05, 0.1) is 10.7 Å². The van der Waals surface area contributed by atoms with Crippen molar-refractivity contribution in [1.29, 1.82) is 0 Å². The van der Waals surface area contributed by atoms with Crippen molar-refractivity contribution in [2.75, 3.05) is 5.32 Å². The summed E-state index contributed by atoms with van der Waals surface area (Å²) in [5.74, 6) is 0.277. The first-order valence-corrected chi connectivity index (χ1v) is 7.41. The fraction of sp³-hybridized carbons (Fsp3) is 0.188. The van der Waals surface area contributed by atoms with Gasteiger partial charge in [-0.3, -0.25) is 0 Å². The number of aryl methyl sites for hydroxylation is 2. The van der Waals surface area contributed by atoms with E-state index >= 15 is 0 Å². The number of carbonyl (C=O) groups excluding carboxylic acids is 1. The lowest BCUT2D eigenvalue weighted by Crippen LogP contribution is -2.28. The molecule has 0 saturated carbocycles. The summed E-state index contributed by atoms with van der Waals surface area (Å²) in [6, 6.07) is 8.12. The maximum absolute atomic E-state index is 11.9. The molecular weight excluding hydrogens is 323 g/mol. The molecule has 0 saturated heterocycles. The average molecular weight is 339 g/mol. The molecule has 0 unspecified atom stereocenters. The highest BCUT2D eigenvalue weighted by atomic mass is 35.5. The van der Waals surface area contributed by atoms with Gasteiger partial charge in [-0.2, -0.15) is 0 Å². The molecule has 6 heteroatoms. The first-order chi connectivity index (χ1) is 10.4. The van der Waals surface area contributed by atoms with Crippen LogP contribution in [0.25, 0.3) is 0 Å². The number of hydrogen-bond acceptors (Lipinski definition) is 2. The summed E-state index contributed by atoms with van der Waals surface area (Å²) in [7, 11) is 0. The highest BCUT2D eigenvalue weighted by Crippen LogP contribution is 2.25. The van der Waals surface area contributed by atoms with Crippen LogP contribution in [0.5, 0.6) is 5.75 Å². The van der Waals surface area contributed by atoms with E-state index in [1.165, 1.54) is 0 Å². The molecule has 116 valence electrons. The van der Waals surface area contributed by atoms with E-state index in [1.807, 2.05) is 26.0 Å². The van der Waals surface area contributed by atoms with Gasteiger partial charge in [-0.25, -0.2) is 4.79 Å². The predicted octanol–water partition coefficient (Wildman–Crippen LogP) is 4.64. The van der Waals surface area contributed by atoms with Crippen LogP contribution < -0.4 is 10.6 Å². The highest BCUT2D eigenvalue weighted by molar-refractivity contribution is 6.35. The number of rotatable bonds is 3. The molecule has 0 aliphatic carbocycles. The molecule has 0 aliphatic rings. The van der Waals surface area contributed by atoms with E-state index in [2.05, 4.69) is 10.6 Å². The van der Waals surface area contributed by atoms with E-state index in [4.69, 9.17) is 23.2 Å². The zero-order valence-corrected chi connectivity index (χ0v) is 13.7. The van der Waals surface area contributed by atoms with Gasteiger partial charge in [0.15, 0.2) is 0 Å². The minimum absolute atomic E-state index is 0.277. The van der Waals surface area contributed by atoms with Crippen LogP contribution in [0.15, 0.2) is 30.3 Å². The van der Waals surface area contributed by atoms with Crippen molar-refractivity contribution in [2.24, 2.45) is 0 Å². The van der Waals surface area contributed by atoms with E-state index in [0.717, 1.165) is 16.7 Å². The monoisotopic (exact) mass is 338 g/mol.